The van der Waals surface area contributed by atoms with E-state index in [2.05, 4.69) is 20.7 Å². The van der Waals surface area contributed by atoms with Gasteiger partial charge in [-0.2, -0.15) is 5.10 Å². The Labute approximate surface area is 110 Å². The van der Waals surface area contributed by atoms with E-state index >= 15 is 0 Å². The number of carbonyl (C=O) groups excluding carboxylic acids is 1. The van der Waals surface area contributed by atoms with Gasteiger partial charge in [0.25, 0.3) is 0 Å². The molecule has 2 fully saturated rings. The van der Waals surface area contributed by atoms with Crippen LogP contribution in [0.4, 0.5) is 5.82 Å². The van der Waals surface area contributed by atoms with Gasteiger partial charge in [-0.05, 0) is 31.1 Å². The van der Waals surface area contributed by atoms with Crippen LogP contribution in [-0.2, 0) is 4.79 Å². The zero-order chi connectivity index (χ0) is 13.4. The molecule has 0 aliphatic heterocycles. The highest BCUT2D eigenvalue weighted by atomic mass is 16.4. The van der Waals surface area contributed by atoms with Gasteiger partial charge in [0.15, 0.2) is 5.84 Å². The molecule has 7 heteroatoms. The fourth-order valence-corrected chi connectivity index (χ4v) is 3.41. The molecule has 7 nitrogen and oxygen atoms in total. The van der Waals surface area contributed by atoms with Gasteiger partial charge in [0.05, 0.1) is 11.8 Å². The molecule has 2 bridgehead atoms. The number of aromatic nitrogens is 2. The van der Waals surface area contributed by atoms with Crippen molar-refractivity contribution in [3.63, 3.8) is 0 Å². The lowest BCUT2D eigenvalue weighted by molar-refractivity contribution is -0.121. The molecule has 2 saturated carbocycles. The third-order valence-corrected chi connectivity index (χ3v) is 4.35. The normalized spacial score (nSPS) is 29.7. The summed E-state index contributed by atoms with van der Waals surface area (Å²) in [6.07, 6.45) is 5.98. The van der Waals surface area contributed by atoms with Crippen molar-refractivity contribution in [2.45, 2.75) is 25.7 Å². The molecule has 2 aliphatic rings. The molecule has 1 aromatic heterocycles. The zero-order valence-corrected chi connectivity index (χ0v) is 10.5. The average Bonchev–Trinajstić information content (AvgIpc) is 3.13. The first-order chi connectivity index (χ1) is 9.19. The van der Waals surface area contributed by atoms with Crippen LogP contribution in [0.1, 0.15) is 31.2 Å². The van der Waals surface area contributed by atoms with Gasteiger partial charge < -0.3 is 16.3 Å². The second-order valence-corrected chi connectivity index (χ2v) is 5.41. The Kier molecular flexibility index (Phi) is 2.88. The van der Waals surface area contributed by atoms with Crippen LogP contribution in [0.15, 0.2) is 11.4 Å². The number of amides is 1. The van der Waals surface area contributed by atoms with Crippen molar-refractivity contribution >= 4 is 17.6 Å². The summed E-state index contributed by atoms with van der Waals surface area (Å²) in [5.41, 5.74) is 5.92. The lowest BCUT2D eigenvalue weighted by Gasteiger charge is -2.20. The molecule has 102 valence electrons. The molecular weight excluding hydrogens is 246 g/mol. The third kappa shape index (κ3) is 2.05. The van der Waals surface area contributed by atoms with Gasteiger partial charge in [-0.3, -0.25) is 9.89 Å². The van der Waals surface area contributed by atoms with Crippen LogP contribution in [0.25, 0.3) is 0 Å². The molecule has 0 saturated heterocycles. The Balaban J connectivity index is 1.72. The number of H-pyrrole nitrogens is 1. The summed E-state index contributed by atoms with van der Waals surface area (Å²) < 4.78 is 0. The minimum atomic E-state index is -0.0722. The van der Waals surface area contributed by atoms with Crippen LogP contribution in [0.5, 0.6) is 0 Å². The van der Waals surface area contributed by atoms with Crippen molar-refractivity contribution in [3.8, 4) is 0 Å². The largest absolute Gasteiger partial charge is 0.409 e. The van der Waals surface area contributed by atoms with Gasteiger partial charge in [0.2, 0.25) is 5.91 Å². The molecular formula is C12H17N5O2. The standard InChI is InChI=1S/C12H17N5O2/c13-10(17-19)9-5-14-16-11(9)15-12(18)8-4-6-1-2-7(8)3-6/h5-8,19H,1-4H2,(H2,13,17)(H2,14,15,16,18). The highest BCUT2D eigenvalue weighted by molar-refractivity contribution is 6.04. The van der Waals surface area contributed by atoms with E-state index < -0.39 is 0 Å². The van der Waals surface area contributed by atoms with E-state index in [1.54, 1.807) is 0 Å². The molecule has 0 radical (unpaired) electrons. The summed E-state index contributed by atoms with van der Waals surface area (Å²) in [5.74, 6) is 1.64. The van der Waals surface area contributed by atoms with Gasteiger partial charge in [-0.15, -0.1) is 0 Å². The maximum atomic E-state index is 12.3. The van der Waals surface area contributed by atoms with Crippen molar-refractivity contribution in [1.29, 1.82) is 0 Å². The predicted octanol–water partition coefficient (Wildman–Crippen LogP) is 0.879. The summed E-state index contributed by atoms with van der Waals surface area (Å²) in [7, 11) is 0. The van der Waals surface area contributed by atoms with Crippen LogP contribution in [0.3, 0.4) is 0 Å². The average molecular weight is 263 g/mol. The number of nitrogens with zero attached hydrogens (tertiary/aromatic N) is 2. The number of anilines is 1. The number of carbonyl (C=O) groups is 1. The molecule has 0 aromatic carbocycles. The molecule has 1 amide bonds. The number of aromatic amines is 1. The maximum absolute atomic E-state index is 12.3. The van der Waals surface area contributed by atoms with Gasteiger partial charge in [0.1, 0.15) is 5.82 Å². The number of amidine groups is 1. The highest BCUT2D eigenvalue weighted by Gasteiger charge is 2.43. The molecule has 3 unspecified atom stereocenters. The Morgan fingerprint density at radius 3 is 3.00 bits per heavy atom. The van der Waals surface area contributed by atoms with Gasteiger partial charge in [-0.25, -0.2) is 0 Å². The summed E-state index contributed by atoms with van der Waals surface area (Å²) in [5, 5.41) is 20.9. The van der Waals surface area contributed by atoms with E-state index in [1.807, 2.05) is 0 Å². The van der Waals surface area contributed by atoms with E-state index in [9.17, 15) is 4.79 Å². The van der Waals surface area contributed by atoms with Gasteiger partial charge in [0, 0.05) is 5.92 Å². The minimum Gasteiger partial charge on any atom is -0.409 e. The summed E-state index contributed by atoms with van der Waals surface area (Å²) >= 11 is 0. The SMILES string of the molecule is NC(=NO)c1cn[nH]c1NC(=O)C1CC2CCC1C2. The predicted molar refractivity (Wildman–Crippen MR) is 68.7 cm³/mol. The van der Waals surface area contributed by atoms with Crippen molar-refractivity contribution in [2.24, 2.45) is 28.6 Å². The fourth-order valence-electron chi connectivity index (χ4n) is 3.41. The Morgan fingerprint density at radius 2 is 2.37 bits per heavy atom. The molecule has 19 heavy (non-hydrogen) atoms. The zero-order valence-electron chi connectivity index (χ0n) is 10.5. The summed E-state index contributed by atoms with van der Waals surface area (Å²) in [6.45, 7) is 0. The minimum absolute atomic E-state index is 0.00318. The van der Waals surface area contributed by atoms with E-state index in [1.165, 1.54) is 19.0 Å². The first kappa shape index (κ1) is 12.0. The Hall–Kier alpha value is -2.05. The number of hydrogen-bond acceptors (Lipinski definition) is 4. The van der Waals surface area contributed by atoms with Crippen LogP contribution in [0.2, 0.25) is 0 Å². The number of nitrogens with one attached hydrogen (secondary N) is 2. The molecule has 3 atom stereocenters. The van der Waals surface area contributed by atoms with Gasteiger partial charge in [-0.1, -0.05) is 11.6 Å². The second kappa shape index (κ2) is 4.56. The van der Waals surface area contributed by atoms with E-state index in [0.29, 0.717) is 23.2 Å². The van der Waals surface area contributed by atoms with E-state index in [0.717, 1.165) is 12.8 Å². The van der Waals surface area contributed by atoms with Crippen LogP contribution in [0, 0.1) is 17.8 Å². The van der Waals surface area contributed by atoms with E-state index in [-0.39, 0.29) is 17.7 Å². The number of nitrogens with two attached hydrogens (primary N) is 1. The summed E-state index contributed by atoms with van der Waals surface area (Å²) in [4.78, 5) is 12.3. The highest BCUT2D eigenvalue weighted by Crippen LogP contribution is 2.48. The number of fused-ring (bicyclic) bond motifs is 2. The molecule has 1 heterocycles. The number of oxime groups is 1. The van der Waals surface area contributed by atoms with Crippen molar-refractivity contribution in [2.75, 3.05) is 5.32 Å². The Morgan fingerprint density at radius 1 is 1.53 bits per heavy atom. The lowest BCUT2D eigenvalue weighted by Crippen LogP contribution is -2.28. The van der Waals surface area contributed by atoms with Gasteiger partial charge >= 0.3 is 0 Å². The third-order valence-electron chi connectivity index (χ3n) is 4.35. The quantitative estimate of drug-likeness (QED) is 0.280. The molecule has 3 rings (SSSR count). The smallest absolute Gasteiger partial charge is 0.228 e. The van der Waals surface area contributed by atoms with Crippen molar-refractivity contribution in [1.82, 2.24) is 10.2 Å². The lowest BCUT2D eigenvalue weighted by atomic mass is 9.88. The maximum Gasteiger partial charge on any atom is 0.228 e. The van der Waals surface area contributed by atoms with Crippen LogP contribution < -0.4 is 11.1 Å². The molecule has 2 aliphatic carbocycles. The molecule has 1 aromatic rings. The van der Waals surface area contributed by atoms with Crippen molar-refractivity contribution < 1.29 is 10.0 Å². The number of hydrogen-bond donors (Lipinski definition) is 4. The first-order valence-electron chi connectivity index (χ1n) is 6.51. The Bertz CT molecular complexity index is 524. The number of rotatable bonds is 3. The topological polar surface area (TPSA) is 116 Å². The first-order valence-corrected chi connectivity index (χ1v) is 6.51. The second-order valence-electron chi connectivity index (χ2n) is 5.41. The molecule has 0 spiro atoms. The monoisotopic (exact) mass is 263 g/mol. The molecule has 5 N–H and O–H groups in total. The van der Waals surface area contributed by atoms with Crippen molar-refractivity contribution in [3.05, 3.63) is 11.8 Å². The van der Waals surface area contributed by atoms with Crippen LogP contribution >= 0.6 is 0 Å². The summed E-state index contributed by atoms with van der Waals surface area (Å²) in [6, 6.07) is 0. The van der Waals surface area contributed by atoms with E-state index in [4.69, 9.17) is 10.9 Å². The fraction of sp³-hybridized carbons (Fsp3) is 0.583. The van der Waals surface area contributed by atoms with Crippen LogP contribution in [-0.4, -0.2) is 27.1 Å².